The first kappa shape index (κ1) is 11.9. The number of phenolic OH excluding ortho intramolecular Hbond substituents is 1. The molecule has 1 aliphatic carbocycles. The SMILES string of the molecule is O=C(O)C1(CS(=O)(=O)c2ccc(O)cc2)CC1. The molecule has 6 heteroatoms. The molecule has 0 saturated heterocycles. The van der Waals surface area contributed by atoms with Gasteiger partial charge in [0, 0.05) is 0 Å². The van der Waals surface area contributed by atoms with Gasteiger partial charge in [-0.2, -0.15) is 0 Å². The Hall–Kier alpha value is -1.56. The van der Waals surface area contributed by atoms with E-state index in [-0.39, 0.29) is 16.4 Å². The van der Waals surface area contributed by atoms with E-state index in [9.17, 15) is 13.2 Å². The summed E-state index contributed by atoms with van der Waals surface area (Å²) in [6, 6.07) is 5.10. The van der Waals surface area contributed by atoms with Crippen LogP contribution >= 0.6 is 0 Å². The molecule has 0 bridgehead atoms. The fourth-order valence-corrected chi connectivity index (χ4v) is 3.53. The number of carbonyl (C=O) groups is 1. The molecule has 0 unspecified atom stereocenters. The maximum atomic E-state index is 12.0. The van der Waals surface area contributed by atoms with Crippen molar-refractivity contribution in [3.8, 4) is 5.75 Å². The van der Waals surface area contributed by atoms with Crippen LogP contribution in [0.5, 0.6) is 5.75 Å². The van der Waals surface area contributed by atoms with Crippen molar-refractivity contribution in [3.63, 3.8) is 0 Å². The summed E-state index contributed by atoms with van der Waals surface area (Å²) >= 11 is 0. The molecular weight excluding hydrogens is 244 g/mol. The lowest BCUT2D eigenvalue weighted by Crippen LogP contribution is -2.25. The van der Waals surface area contributed by atoms with Gasteiger partial charge in [-0.25, -0.2) is 8.42 Å². The maximum Gasteiger partial charge on any atom is 0.310 e. The predicted octanol–water partition coefficient (Wildman–Crippen LogP) is 1.03. The first-order valence-electron chi connectivity index (χ1n) is 5.11. The van der Waals surface area contributed by atoms with E-state index >= 15 is 0 Å². The van der Waals surface area contributed by atoms with Crippen LogP contribution in [0.25, 0.3) is 0 Å². The zero-order valence-electron chi connectivity index (χ0n) is 8.96. The first-order chi connectivity index (χ1) is 7.86. The van der Waals surface area contributed by atoms with Crippen LogP contribution in [0.3, 0.4) is 0 Å². The van der Waals surface area contributed by atoms with E-state index in [1.807, 2.05) is 0 Å². The molecule has 0 amide bonds. The molecule has 0 aliphatic heterocycles. The van der Waals surface area contributed by atoms with Crippen LogP contribution in [0.1, 0.15) is 12.8 Å². The number of carboxylic acids is 1. The molecule has 0 aromatic heterocycles. The van der Waals surface area contributed by atoms with Crippen molar-refractivity contribution in [1.82, 2.24) is 0 Å². The van der Waals surface area contributed by atoms with Gasteiger partial charge in [0.15, 0.2) is 9.84 Å². The molecule has 1 aromatic rings. The standard InChI is InChI=1S/C11H12O5S/c12-8-1-3-9(4-2-8)17(15,16)7-11(5-6-11)10(13)14/h1-4,12H,5-7H2,(H,13,14). The number of hydrogen-bond acceptors (Lipinski definition) is 4. The maximum absolute atomic E-state index is 12.0. The Bertz CT molecular complexity index is 540. The minimum absolute atomic E-state index is 0.0247. The van der Waals surface area contributed by atoms with Gasteiger partial charge in [-0.15, -0.1) is 0 Å². The van der Waals surface area contributed by atoms with E-state index in [0.29, 0.717) is 12.8 Å². The Labute approximate surface area is 98.6 Å². The molecule has 0 spiro atoms. The van der Waals surface area contributed by atoms with Crippen molar-refractivity contribution in [2.75, 3.05) is 5.75 Å². The highest BCUT2D eigenvalue weighted by Crippen LogP contribution is 2.47. The van der Waals surface area contributed by atoms with Crippen molar-refractivity contribution < 1.29 is 23.4 Å². The Balaban J connectivity index is 2.26. The summed E-state index contributed by atoms with van der Waals surface area (Å²) < 4.78 is 23.9. The number of aromatic hydroxyl groups is 1. The normalized spacial score (nSPS) is 17.6. The van der Waals surface area contributed by atoms with E-state index < -0.39 is 21.2 Å². The minimum Gasteiger partial charge on any atom is -0.508 e. The quantitative estimate of drug-likeness (QED) is 0.839. The number of benzene rings is 1. The summed E-state index contributed by atoms with van der Waals surface area (Å²) in [6.07, 6.45) is 0.805. The van der Waals surface area contributed by atoms with Crippen molar-refractivity contribution >= 4 is 15.8 Å². The van der Waals surface area contributed by atoms with Gasteiger partial charge >= 0.3 is 5.97 Å². The fourth-order valence-electron chi connectivity index (χ4n) is 1.67. The van der Waals surface area contributed by atoms with Crippen molar-refractivity contribution in [1.29, 1.82) is 0 Å². The van der Waals surface area contributed by atoms with Gasteiger partial charge in [0.2, 0.25) is 0 Å². The summed E-state index contributed by atoms with van der Waals surface area (Å²) in [4.78, 5) is 11.0. The van der Waals surface area contributed by atoms with Crippen LogP contribution in [-0.2, 0) is 14.6 Å². The highest BCUT2D eigenvalue weighted by atomic mass is 32.2. The van der Waals surface area contributed by atoms with Crippen molar-refractivity contribution in [2.24, 2.45) is 5.41 Å². The molecule has 1 saturated carbocycles. The molecule has 0 heterocycles. The van der Waals surface area contributed by atoms with Gasteiger partial charge < -0.3 is 10.2 Å². The predicted molar refractivity (Wildman–Crippen MR) is 59.5 cm³/mol. The van der Waals surface area contributed by atoms with Crippen molar-refractivity contribution in [2.45, 2.75) is 17.7 Å². The highest BCUT2D eigenvalue weighted by molar-refractivity contribution is 7.91. The van der Waals surface area contributed by atoms with Gasteiger partial charge in [0.25, 0.3) is 0 Å². The van der Waals surface area contributed by atoms with Gasteiger partial charge in [0.05, 0.1) is 16.1 Å². The van der Waals surface area contributed by atoms with Crippen LogP contribution in [0.15, 0.2) is 29.2 Å². The number of carboxylic acid groups (broad SMARTS) is 1. The Kier molecular flexibility index (Phi) is 2.61. The Morgan fingerprint density at radius 3 is 2.18 bits per heavy atom. The molecule has 2 rings (SSSR count). The molecule has 1 aliphatic rings. The van der Waals surface area contributed by atoms with Gasteiger partial charge in [-0.1, -0.05) is 0 Å². The van der Waals surface area contributed by atoms with Crippen LogP contribution < -0.4 is 0 Å². The summed E-state index contributed by atoms with van der Waals surface area (Å²) in [7, 11) is -3.61. The third-order valence-corrected chi connectivity index (χ3v) is 4.89. The largest absolute Gasteiger partial charge is 0.508 e. The molecule has 92 valence electrons. The summed E-state index contributed by atoms with van der Waals surface area (Å²) in [5.74, 6) is -1.46. The smallest absolute Gasteiger partial charge is 0.310 e. The lowest BCUT2D eigenvalue weighted by Gasteiger charge is -2.10. The lowest BCUT2D eigenvalue weighted by atomic mass is 10.1. The number of hydrogen-bond donors (Lipinski definition) is 2. The second kappa shape index (κ2) is 3.73. The molecule has 0 radical (unpaired) electrons. The summed E-state index contributed by atoms with van der Waals surface area (Å²) in [6.45, 7) is 0. The lowest BCUT2D eigenvalue weighted by molar-refractivity contribution is -0.142. The zero-order valence-corrected chi connectivity index (χ0v) is 9.77. The highest BCUT2D eigenvalue weighted by Gasteiger charge is 2.53. The van der Waals surface area contributed by atoms with Gasteiger partial charge in [-0.3, -0.25) is 4.79 Å². The van der Waals surface area contributed by atoms with Crippen LogP contribution in [0.4, 0.5) is 0 Å². The van der Waals surface area contributed by atoms with Crippen LogP contribution in [0.2, 0.25) is 0 Å². The topological polar surface area (TPSA) is 91.7 Å². The number of sulfone groups is 1. The van der Waals surface area contributed by atoms with E-state index in [1.165, 1.54) is 24.3 Å². The van der Waals surface area contributed by atoms with Crippen LogP contribution in [0, 0.1) is 5.41 Å². The van der Waals surface area contributed by atoms with E-state index in [1.54, 1.807) is 0 Å². The Morgan fingerprint density at radius 1 is 1.24 bits per heavy atom. The zero-order chi connectivity index (χ0) is 12.7. The Morgan fingerprint density at radius 2 is 1.76 bits per heavy atom. The van der Waals surface area contributed by atoms with Crippen LogP contribution in [-0.4, -0.2) is 30.4 Å². The third kappa shape index (κ3) is 2.26. The molecule has 2 N–H and O–H groups in total. The molecule has 0 atom stereocenters. The average Bonchev–Trinajstić information content (AvgIpc) is 2.99. The number of aliphatic carboxylic acids is 1. The minimum atomic E-state index is -3.61. The number of phenols is 1. The first-order valence-corrected chi connectivity index (χ1v) is 6.76. The summed E-state index contributed by atoms with van der Waals surface area (Å²) in [5.41, 5.74) is -1.10. The number of rotatable bonds is 4. The van der Waals surface area contributed by atoms with Gasteiger partial charge in [-0.05, 0) is 37.1 Å². The second-order valence-corrected chi connectivity index (χ2v) is 6.33. The third-order valence-electron chi connectivity index (χ3n) is 2.97. The summed E-state index contributed by atoms with van der Waals surface area (Å²) in [5, 5.41) is 18.0. The fraction of sp³-hybridized carbons (Fsp3) is 0.364. The molecule has 5 nitrogen and oxygen atoms in total. The van der Waals surface area contributed by atoms with Crippen molar-refractivity contribution in [3.05, 3.63) is 24.3 Å². The monoisotopic (exact) mass is 256 g/mol. The molecule has 1 fully saturated rings. The van der Waals surface area contributed by atoms with E-state index in [4.69, 9.17) is 10.2 Å². The molecule has 17 heavy (non-hydrogen) atoms. The molecular formula is C11H12O5S. The molecule has 1 aromatic carbocycles. The van der Waals surface area contributed by atoms with E-state index in [2.05, 4.69) is 0 Å². The van der Waals surface area contributed by atoms with E-state index in [0.717, 1.165) is 0 Å². The second-order valence-electron chi connectivity index (χ2n) is 4.34. The van der Waals surface area contributed by atoms with Gasteiger partial charge in [0.1, 0.15) is 5.75 Å². The average molecular weight is 256 g/mol.